The van der Waals surface area contributed by atoms with Gasteiger partial charge in [0, 0.05) is 23.6 Å². The third-order valence-electron chi connectivity index (χ3n) is 10.5. The summed E-state index contributed by atoms with van der Waals surface area (Å²) in [5.41, 5.74) is 0.428. The number of nitrogens with zero attached hydrogens (tertiary/aromatic N) is 2. The lowest BCUT2D eigenvalue weighted by atomic mass is 9.51. The van der Waals surface area contributed by atoms with E-state index in [0.717, 1.165) is 16.5 Å². The van der Waals surface area contributed by atoms with E-state index < -0.39 is 52.6 Å². The van der Waals surface area contributed by atoms with Crippen molar-refractivity contribution in [3.63, 3.8) is 0 Å². The summed E-state index contributed by atoms with van der Waals surface area (Å²) in [6.07, 6.45) is 2.27. The number of rotatable bonds is 6. The zero-order valence-corrected chi connectivity index (χ0v) is 26.7. The van der Waals surface area contributed by atoms with E-state index in [1.54, 1.807) is 13.0 Å². The zero-order chi connectivity index (χ0) is 33.4. The number of anilines is 1. The van der Waals surface area contributed by atoms with Crippen LogP contribution in [0.25, 0.3) is 0 Å². The van der Waals surface area contributed by atoms with Gasteiger partial charge in [-0.3, -0.25) is 24.1 Å². The Morgan fingerprint density at radius 2 is 1.70 bits per heavy atom. The molecule has 11 heteroatoms. The molecule has 242 valence electrons. The van der Waals surface area contributed by atoms with Crippen molar-refractivity contribution >= 4 is 40.9 Å². The predicted molar refractivity (Wildman–Crippen MR) is 169 cm³/mol. The molecule has 0 radical (unpaired) electrons. The molecule has 1 N–H and O–H groups in total. The smallest absolute Gasteiger partial charge is 0.241 e. The molecular formula is C36H32ClFN2O7. The first kappa shape index (κ1) is 30.9. The van der Waals surface area contributed by atoms with E-state index in [4.69, 9.17) is 21.1 Å². The van der Waals surface area contributed by atoms with E-state index in [1.165, 1.54) is 37.3 Å². The number of phenolic OH excluding ortho intramolecular Hbond substituents is 1. The molecule has 47 heavy (non-hydrogen) atoms. The number of allylic oxidation sites excluding steroid dienone is 2. The van der Waals surface area contributed by atoms with Gasteiger partial charge in [-0.25, -0.2) is 9.29 Å². The molecule has 1 saturated carbocycles. The molecule has 2 aliphatic carbocycles. The van der Waals surface area contributed by atoms with Gasteiger partial charge in [-0.15, -0.1) is 0 Å². The number of hydrogen-bond acceptors (Lipinski definition) is 7. The quantitative estimate of drug-likeness (QED) is 0.270. The van der Waals surface area contributed by atoms with Crippen LogP contribution in [0.3, 0.4) is 0 Å². The maximum absolute atomic E-state index is 14.6. The van der Waals surface area contributed by atoms with Crippen molar-refractivity contribution in [2.45, 2.75) is 32.2 Å². The molecule has 2 saturated heterocycles. The number of amides is 4. The van der Waals surface area contributed by atoms with Crippen LogP contribution in [0, 0.1) is 34.9 Å². The van der Waals surface area contributed by atoms with Gasteiger partial charge in [0.2, 0.25) is 23.6 Å². The third kappa shape index (κ3) is 4.48. The molecule has 3 fully saturated rings. The highest BCUT2D eigenvalue weighted by Gasteiger charge is 2.68. The topological polar surface area (TPSA) is 113 Å². The summed E-state index contributed by atoms with van der Waals surface area (Å²) >= 11 is 6.08. The number of fused-ring (bicyclic) bond motifs is 4. The van der Waals surface area contributed by atoms with Crippen LogP contribution >= 0.6 is 11.6 Å². The molecule has 3 aromatic carbocycles. The van der Waals surface area contributed by atoms with E-state index in [-0.39, 0.29) is 59.0 Å². The number of hydrogen-bond donors (Lipinski definition) is 1. The van der Waals surface area contributed by atoms with Gasteiger partial charge in [-0.1, -0.05) is 53.6 Å². The van der Waals surface area contributed by atoms with Gasteiger partial charge in [0.25, 0.3) is 0 Å². The van der Waals surface area contributed by atoms with Crippen molar-refractivity contribution in [1.82, 2.24) is 4.90 Å². The molecule has 6 atom stereocenters. The summed E-state index contributed by atoms with van der Waals surface area (Å²) in [6, 6.07) is 15.9. The first-order valence-corrected chi connectivity index (χ1v) is 15.8. The van der Waals surface area contributed by atoms with E-state index in [1.807, 2.05) is 36.4 Å². The monoisotopic (exact) mass is 658 g/mol. The molecule has 4 aliphatic rings. The van der Waals surface area contributed by atoms with Crippen LogP contribution in [0.15, 0.2) is 72.3 Å². The Bertz CT molecular complexity index is 1880. The highest BCUT2D eigenvalue weighted by Crippen LogP contribution is 2.65. The summed E-state index contributed by atoms with van der Waals surface area (Å²) in [4.78, 5) is 59.2. The highest BCUT2D eigenvalue weighted by atomic mass is 35.5. The van der Waals surface area contributed by atoms with Crippen LogP contribution < -0.4 is 14.4 Å². The molecular weight excluding hydrogens is 627 g/mol. The van der Waals surface area contributed by atoms with Crippen molar-refractivity contribution in [3.05, 3.63) is 94.3 Å². The van der Waals surface area contributed by atoms with Gasteiger partial charge in [-0.05, 0) is 49.4 Å². The van der Waals surface area contributed by atoms with Gasteiger partial charge >= 0.3 is 0 Å². The molecule has 4 amide bonds. The standard InChI is InChI=1S/C36H32ClFN2O7/c1-36-24(33(43)40(35(36)45)19-9-12-26(38)25(37)13-19)16-23-21(31(36)30-27(41)14-20(46-2)15-28(30)47-3)10-11-22-29(23)34(44)39(32(22)42)17-18-7-5-4-6-8-18/h4-10,12-15,22-24,29,31,41H,11,16-17H2,1-3H3. The Labute approximate surface area is 275 Å². The van der Waals surface area contributed by atoms with Crippen molar-refractivity contribution < 1.29 is 38.1 Å². The van der Waals surface area contributed by atoms with Crippen LogP contribution in [0.2, 0.25) is 5.02 Å². The van der Waals surface area contributed by atoms with Crippen molar-refractivity contribution in [3.8, 4) is 17.2 Å². The Hall–Kier alpha value is -4.70. The van der Waals surface area contributed by atoms with E-state index in [0.29, 0.717) is 11.3 Å². The summed E-state index contributed by atoms with van der Waals surface area (Å²) in [5, 5.41) is 11.3. The fourth-order valence-corrected chi connectivity index (χ4v) is 8.52. The van der Waals surface area contributed by atoms with Crippen molar-refractivity contribution in [2.75, 3.05) is 19.1 Å². The number of phenols is 1. The Kier molecular flexibility index (Phi) is 7.39. The number of carbonyl (C=O) groups excluding carboxylic acids is 4. The maximum Gasteiger partial charge on any atom is 0.241 e. The summed E-state index contributed by atoms with van der Waals surface area (Å²) in [6.45, 7) is 1.81. The minimum atomic E-state index is -1.46. The number of likely N-dealkylation sites (tertiary alicyclic amines) is 1. The minimum Gasteiger partial charge on any atom is -0.507 e. The van der Waals surface area contributed by atoms with Gasteiger partial charge < -0.3 is 14.6 Å². The van der Waals surface area contributed by atoms with E-state index in [9.17, 15) is 28.7 Å². The molecule has 9 nitrogen and oxygen atoms in total. The molecule has 3 aromatic rings. The first-order chi connectivity index (χ1) is 22.5. The number of methoxy groups -OCH3 is 2. The average molecular weight is 659 g/mol. The Morgan fingerprint density at radius 1 is 0.957 bits per heavy atom. The number of halogens is 2. The lowest BCUT2D eigenvalue weighted by Gasteiger charge is -2.49. The summed E-state index contributed by atoms with van der Waals surface area (Å²) < 4.78 is 25.2. The van der Waals surface area contributed by atoms with Crippen LogP contribution in [-0.4, -0.2) is 47.9 Å². The van der Waals surface area contributed by atoms with Crippen molar-refractivity contribution in [2.24, 2.45) is 29.1 Å². The fraction of sp³-hybridized carbons (Fsp3) is 0.333. The van der Waals surface area contributed by atoms with Crippen molar-refractivity contribution in [1.29, 1.82) is 0 Å². The second kappa shape index (κ2) is 11.2. The lowest BCUT2D eigenvalue weighted by molar-refractivity contribution is -0.141. The third-order valence-corrected chi connectivity index (χ3v) is 10.8. The first-order valence-electron chi connectivity index (χ1n) is 15.4. The molecule has 0 spiro atoms. The molecule has 2 heterocycles. The molecule has 0 aromatic heterocycles. The van der Waals surface area contributed by atoms with Gasteiger partial charge in [-0.2, -0.15) is 0 Å². The zero-order valence-electron chi connectivity index (χ0n) is 25.9. The highest BCUT2D eigenvalue weighted by molar-refractivity contribution is 6.31. The van der Waals surface area contributed by atoms with E-state index in [2.05, 4.69) is 0 Å². The number of benzene rings is 3. The van der Waals surface area contributed by atoms with Crippen LogP contribution in [0.4, 0.5) is 10.1 Å². The number of aromatic hydroxyl groups is 1. The maximum atomic E-state index is 14.6. The van der Waals surface area contributed by atoms with Crippen LogP contribution in [-0.2, 0) is 25.7 Å². The second-order valence-corrected chi connectivity index (χ2v) is 13.2. The number of imide groups is 2. The van der Waals surface area contributed by atoms with Crippen LogP contribution in [0.5, 0.6) is 17.2 Å². The minimum absolute atomic E-state index is 0.114. The van der Waals surface area contributed by atoms with Gasteiger partial charge in [0.1, 0.15) is 23.1 Å². The van der Waals surface area contributed by atoms with Crippen LogP contribution in [0.1, 0.15) is 36.8 Å². The number of ether oxygens (including phenoxy) is 2. The molecule has 6 unspecified atom stereocenters. The summed E-state index contributed by atoms with van der Waals surface area (Å²) in [7, 11) is 2.87. The van der Waals surface area contributed by atoms with Gasteiger partial charge in [0.05, 0.1) is 54.6 Å². The number of carbonyl (C=O) groups is 4. The second-order valence-electron chi connectivity index (χ2n) is 12.8. The molecule has 7 rings (SSSR count). The SMILES string of the molecule is COc1cc(O)c(C2C3=CCC4C(=O)N(Cc5ccccc5)C(=O)C4C3CC3C(=O)N(c4ccc(F)c(Cl)c4)C(=O)C32C)c(OC)c1. The largest absolute Gasteiger partial charge is 0.507 e. The van der Waals surface area contributed by atoms with Gasteiger partial charge in [0.15, 0.2) is 0 Å². The molecule has 2 aliphatic heterocycles. The average Bonchev–Trinajstić information content (AvgIpc) is 3.42. The van der Waals surface area contributed by atoms with E-state index >= 15 is 0 Å². The normalized spacial score (nSPS) is 28.2. The Balaban J connectivity index is 1.38. The fourth-order valence-electron chi connectivity index (χ4n) is 8.34. The predicted octanol–water partition coefficient (Wildman–Crippen LogP) is 5.63. The molecule has 0 bridgehead atoms. The Morgan fingerprint density at radius 3 is 2.38 bits per heavy atom. The summed E-state index contributed by atoms with van der Waals surface area (Å²) in [5.74, 6) is -5.90. The lowest BCUT2D eigenvalue weighted by Crippen LogP contribution is -2.49.